The quantitative estimate of drug-likeness (QED) is 0.731. The standard InChI is InChI=1S/C18H16N4O/c23-18(21-12-6-8-14-7-4-5-11-16(14)21)17-19-13-22(20-17)15-9-2-1-3-10-15/h1-5,7,9-11,13H,6,8,12H2. The van der Waals surface area contributed by atoms with Crippen molar-refractivity contribution in [2.75, 3.05) is 11.4 Å². The van der Waals surface area contributed by atoms with Crippen molar-refractivity contribution in [3.05, 3.63) is 72.3 Å². The Bertz CT molecular complexity index is 841. The van der Waals surface area contributed by atoms with Gasteiger partial charge in [-0.3, -0.25) is 4.79 Å². The predicted molar refractivity (Wildman–Crippen MR) is 87.8 cm³/mol. The zero-order valence-corrected chi connectivity index (χ0v) is 12.6. The summed E-state index contributed by atoms with van der Waals surface area (Å²) < 4.78 is 1.63. The number of para-hydroxylation sites is 2. The molecule has 2 aromatic carbocycles. The fraction of sp³-hybridized carbons (Fsp3) is 0.167. The highest BCUT2D eigenvalue weighted by molar-refractivity contribution is 6.04. The van der Waals surface area contributed by atoms with Crippen LogP contribution in [0.15, 0.2) is 60.9 Å². The number of hydrogen-bond donors (Lipinski definition) is 0. The Kier molecular flexibility index (Phi) is 3.38. The highest BCUT2D eigenvalue weighted by atomic mass is 16.2. The molecule has 0 saturated carbocycles. The van der Waals surface area contributed by atoms with Gasteiger partial charge in [-0.2, -0.15) is 0 Å². The molecule has 0 aliphatic carbocycles. The molecule has 3 aromatic rings. The van der Waals surface area contributed by atoms with Crippen molar-refractivity contribution in [2.24, 2.45) is 0 Å². The fourth-order valence-corrected chi connectivity index (χ4v) is 2.93. The third-order valence-corrected chi connectivity index (χ3v) is 4.06. The minimum Gasteiger partial charge on any atom is -0.305 e. The lowest BCUT2D eigenvalue weighted by Crippen LogP contribution is -2.36. The molecule has 0 saturated heterocycles. The lowest BCUT2D eigenvalue weighted by atomic mass is 10.0. The van der Waals surface area contributed by atoms with E-state index in [2.05, 4.69) is 16.1 Å². The number of hydrogen-bond acceptors (Lipinski definition) is 3. The summed E-state index contributed by atoms with van der Waals surface area (Å²) in [5.41, 5.74) is 3.06. The van der Waals surface area contributed by atoms with Gasteiger partial charge < -0.3 is 4.90 Å². The number of benzene rings is 2. The van der Waals surface area contributed by atoms with Crippen molar-refractivity contribution in [3.8, 4) is 5.69 Å². The average molecular weight is 304 g/mol. The largest absolute Gasteiger partial charge is 0.305 e. The second kappa shape index (κ2) is 5.68. The molecule has 0 radical (unpaired) electrons. The van der Waals surface area contributed by atoms with Crippen LogP contribution in [0.3, 0.4) is 0 Å². The van der Waals surface area contributed by atoms with Gasteiger partial charge in [-0.15, -0.1) is 5.10 Å². The van der Waals surface area contributed by atoms with E-state index >= 15 is 0 Å². The molecule has 2 heterocycles. The van der Waals surface area contributed by atoms with Crippen LogP contribution >= 0.6 is 0 Å². The summed E-state index contributed by atoms with van der Waals surface area (Å²) in [5, 5.41) is 4.34. The van der Waals surface area contributed by atoms with E-state index < -0.39 is 0 Å². The number of carbonyl (C=O) groups excluding carboxylic acids is 1. The van der Waals surface area contributed by atoms with E-state index in [0.717, 1.165) is 24.2 Å². The van der Waals surface area contributed by atoms with E-state index in [1.165, 1.54) is 5.56 Å². The second-order valence-electron chi connectivity index (χ2n) is 5.54. The van der Waals surface area contributed by atoms with Crippen LogP contribution in [0.25, 0.3) is 5.69 Å². The second-order valence-corrected chi connectivity index (χ2v) is 5.54. The molecule has 0 N–H and O–H groups in total. The van der Waals surface area contributed by atoms with Gasteiger partial charge in [0, 0.05) is 12.2 Å². The Balaban J connectivity index is 1.65. The molecule has 23 heavy (non-hydrogen) atoms. The van der Waals surface area contributed by atoms with Crippen LogP contribution in [-0.2, 0) is 6.42 Å². The minimum absolute atomic E-state index is 0.146. The van der Waals surface area contributed by atoms with Gasteiger partial charge >= 0.3 is 0 Å². The molecular formula is C18H16N4O. The summed E-state index contributed by atoms with van der Waals surface area (Å²) in [6, 6.07) is 17.7. The molecule has 0 fully saturated rings. The first-order valence-electron chi connectivity index (χ1n) is 7.70. The van der Waals surface area contributed by atoms with Crippen LogP contribution in [0.5, 0.6) is 0 Å². The smallest absolute Gasteiger partial charge is 0.297 e. The van der Waals surface area contributed by atoms with E-state index in [1.807, 2.05) is 48.5 Å². The number of nitrogens with zero attached hydrogens (tertiary/aromatic N) is 4. The van der Waals surface area contributed by atoms with Gasteiger partial charge in [0.2, 0.25) is 5.82 Å². The summed E-state index contributed by atoms with van der Waals surface area (Å²) in [6.45, 7) is 0.704. The van der Waals surface area contributed by atoms with Crippen molar-refractivity contribution in [1.29, 1.82) is 0 Å². The van der Waals surface area contributed by atoms with Crippen molar-refractivity contribution in [1.82, 2.24) is 14.8 Å². The van der Waals surface area contributed by atoms with Gasteiger partial charge in [0.1, 0.15) is 6.33 Å². The Morgan fingerprint density at radius 2 is 1.78 bits per heavy atom. The molecule has 5 heteroatoms. The summed E-state index contributed by atoms with van der Waals surface area (Å²) in [7, 11) is 0. The third kappa shape index (κ3) is 2.50. The van der Waals surface area contributed by atoms with E-state index in [1.54, 1.807) is 15.9 Å². The van der Waals surface area contributed by atoms with Crippen LogP contribution in [-0.4, -0.2) is 27.2 Å². The molecule has 0 bridgehead atoms. The molecule has 0 atom stereocenters. The molecular weight excluding hydrogens is 288 g/mol. The minimum atomic E-state index is -0.146. The number of anilines is 1. The van der Waals surface area contributed by atoms with Gasteiger partial charge in [0.25, 0.3) is 5.91 Å². The van der Waals surface area contributed by atoms with E-state index in [9.17, 15) is 4.79 Å². The maximum absolute atomic E-state index is 12.8. The van der Waals surface area contributed by atoms with Crippen LogP contribution in [0, 0.1) is 0 Å². The Morgan fingerprint density at radius 1 is 1.00 bits per heavy atom. The van der Waals surface area contributed by atoms with Crippen LogP contribution < -0.4 is 4.90 Å². The molecule has 0 unspecified atom stereocenters. The van der Waals surface area contributed by atoms with Crippen molar-refractivity contribution >= 4 is 11.6 Å². The molecule has 114 valence electrons. The highest BCUT2D eigenvalue weighted by Crippen LogP contribution is 2.27. The maximum Gasteiger partial charge on any atom is 0.297 e. The fourth-order valence-electron chi connectivity index (χ4n) is 2.93. The first-order chi connectivity index (χ1) is 11.3. The SMILES string of the molecule is O=C(c1ncn(-c2ccccc2)n1)N1CCCc2ccccc21. The normalized spacial score (nSPS) is 13.7. The van der Waals surface area contributed by atoms with Crippen molar-refractivity contribution in [3.63, 3.8) is 0 Å². The lowest BCUT2D eigenvalue weighted by Gasteiger charge is -2.28. The van der Waals surface area contributed by atoms with Crippen LogP contribution in [0.2, 0.25) is 0 Å². The maximum atomic E-state index is 12.8. The Labute approximate surface area is 134 Å². The molecule has 5 nitrogen and oxygen atoms in total. The molecule has 1 amide bonds. The van der Waals surface area contributed by atoms with Gasteiger partial charge in [0.05, 0.1) is 5.69 Å². The van der Waals surface area contributed by atoms with Gasteiger partial charge in [0.15, 0.2) is 0 Å². The number of aryl methyl sites for hydroxylation is 1. The Hall–Kier alpha value is -2.95. The van der Waals surface area contributed by atoms with Crippen LogP contribution in [0.4, 0.5) is 5.69 Å². The number of amides is 1. The molecule has 1 aliphatic rings. The van der Waals surface area contributed by atoms with Crippen molar-refractivity contribution in [2.45, 2.75) is 12.8 Å². The zero-order valence-electron chi connectivity index (χ0n) is 12.6. The summed E-state index contributed by atoms with van der Waals surface area (Å²) >= 11 is 0. The van der Waals surface area contributed by atoms with E-state index in [4.69, 9.17) is 0 Å². The van der Waals surface area contributed by atoms with Gasteiger partial charge in [-0.05, 0) is 36.6 Å². The molecule has 0 spiro atoms. The average Bonchev–Trinajstić information content (AvgIpc) is 3.11. The van der Waals surface area contributed by atoms with Crippen molar-refractivity contribution < 1.29 is 4.79 Å². The highest BCUT2D eigenvalue weighted by Gasteiger charge is 2.25. The number of aromatic nitrogens is 3. The third-order valence-electron chi connectivity index (χ3n) is 4.06. The summed E-state index contributed by atoms with van der Waals surface area (Å²) in [6.07, 6.45) is 3.55. The predicted octanol–water partition coefficient (Wildman–Crippen LogP) is 2.86. The molecule has 4 rings (SSSR count). The zero-order chi connectivity index (χ0) is 15.6. The molecule has 1 aliphatic heterocycles. The summed E-state index contributed by atoms with van der Waals surface area (Å²) in [4.78, 5) is 18.8. The monoisotopic (exact) mass is 304 g/mol. The first kappa shape index (κ1) is 13.7. The summed E-state index contributed by atoms with van der Waals surface area (Å²) in [5.74, 6) is 0.0809. The van der Waals surface area contributed by atoms with E-state index in [-0.39, 0.29) is 11.7 Å². The number of carbonyl (C=O) groups is 1. The number of fused-ring (bicyclic) bond motifs is 1. The number of rotatable bonds is 2. The van der Waals surface area contributed by atoms with E-state index in [0.29, 0.717) is 6.54 Å². The van der Waals surface area contributed by atoms with Crippen LogP contribution in [0.1, 0.15) is 22.6 Å². The molecule has 1 aromatic heterocycles. The van der Waals surface area contributed by atoms with Gasteiger partial charge in [-0.1, -0.05) is 36.4 Å². The first-order valence-corrected chi connectivity index (χ1v) is 7.70. The lowest BCUT2D eigenvalue weighted by molar-refractivity contribution is 0.0975. The Morgan fingerprint density at radius 3 is 2.65 bits per heavy atom. The van der Waals surface area contributed by atoms with Gasteiger partial charge in [-0.25, -0.2) is 9.67 Å². The topological polar surface area (TPSA) is 51.0 Å².